The summed E-state index contributed by atoms with van der Waals surface area (Å²) >= 11 is 1.79. The molecule has 1 saturated carbocycles. The summed E-state index contributed by atoms with van der Waals surface area (Å²) in [4.78, 5) is 11.9. The molecular weight excluding hydrogens is 270 g/mol. The number of ether oxygens (including phenoxy) is 1. The third-order valence-electron chi connectivity index (χ3n) is 3.39. The van der Waals surface area contributed by atoms with Gasteiger partial charge in [0.15, 0.2) is 0 Å². The maximum atomic E-state index is 11.9. The van der Waals surface area contributed by atoms with E-state index in [2.05, 4.69) is 36.5 Å². The molecule has 4 heteroatoms. The lowest BCUT2D eigenvalue weighted by atomic mass is 10.1. The summed E-state index contributed by atoms with van der Waals surface area (Å²) in [5, 5.41) is 3.38. The smallest absolute Gasteiger partial charge is 0.323 e. The molecule has 0 heterocycles. The van der Waals surface area contributed by atoms with E-state index in [0.717, 1.165) is 11.5 Å². The Labute approximate surface area is 125 Å². The maximum absolute atomic E-state index is 11.9. The van der Waals surface area contributed by atoms with E-state index in [4.69, 9.17) is 4.74 Å². The molecule has 3 nitrogen and oxygen atoms in total. The fourth-order valence-corrected chi connectivity index (χ4v) is 3.15. The third kappa shape index (κ3) is 4.84. The van der Waals surface area contributed by atoms with Crippen LogP contribution in [0.5, 0.6) is 0 Å². The molecule has 1 atom stereocenters. The van der Waals surface area contributed by atoms with E-state index >= 15 is 0 Å². The van der Waals surface area contributed by atoms with Crippen LogP contribution in [0.2, 0.25) is 0 Å². The summed E-state index contributed by atoms with van der Waals surface area (Å²) in [6, 6.07) is 8.74. The minimum absolute atomic E-state index is 0.114. The van der Waals surface area contributed by atoms with E-state index in [1.165, 1.54) is 24.0 Å². The number of carbonyl (C=O) groups is 1. The summed E-state index contributed by atoms with van der Waals surface area (Å²) < 4.78 is 5.14. The van der Waals surface area contributed by atoms with Crippen LogP contribution in [0.25, 0.3) is 0 Å². The van der Waals surface area contributed by atoms with Crippen molar-refractivity contribution in [3.63, 3.8) is 0 Å². The molecule has 1 aromatic rings. The van der Waals surface area contributed by atoms with Crippen molar-refractivity contribution in [1.82, 2.24) is 5.32 Å². The van der Waals surface area contributed by atoms with E-state index < -0.39 is 0 Å². The highest BCUT2D eigenvalue weighted by Gasteiger charge is 2.29. The van der Waals surface area contributed by atoms with Crippen LogP contribution in [0.4, 0.5) is 0 Å². The van der Waals surface area contributed by atoms with Crippen LogP contribution in [0, 0.1) is 6.92 Å². The number of aryl methyl sites for hydroxylation is 1. The molecular formula is C16H23NO2S. The molecule has 0 radical (unpaired) electrons. The highest BCUT2D eigenvalue weighted by Crippen LogP contribution is 2.22. The lowest BCUT2D eigenvalue weighted by Gasteiger charge is -2.16. The SMILES string of the molecule is CCOC(=O)C(CSCc1ccccc1C)NC1CC1. The van der Waals surface area contributed by atoms with Gasteiger partial charge in [-0.25, -0.2) is 0 Å². The predicted octanol–water partition coefficient (Wildman–Crippen LogP) is 2.91. The van der Waals surface area contributed by atoms with E-state index in [9.17, 15) is 4.79 Å². The molecule has 110 valence electrons. The number of thioether (sulfide) groups is 1. The molecule has 0 spiro atoms. The van der Waals surface area contributed by atoms with Gasteiger partial charge < -0.3 is 10.1 Å². The van der Waals surface area contributed by atoms with Gasteiger partial charge in [0.1, 0.15) is 6.04 Å². The Hall–Kier alpha value is -1.00. The van der Waals surface area contributed by atoms with Crippen molar-refractivity contribution in [3.05, 3.63) is 35.4 Å². The van der Waals surface area contributed by atoms with Gasteiger partial charge >= 0.3 is 5.97 Å². The van der Waals surface area contributed by atoms with Crippen LogP contribution >= 0.6 is 11.8 Å². The zero-order valence-electron chi connectivity index (χ0n) is 12.2. The van der Waals surface area contributed by atoms with Crippen LogP contribution in [-0.4, -0.2) is 30.4 Å². The van der Waals surface area contributed by atoms with Crippen molar-refractivity contribution in [2.75, 3.05) is 12.4 Å². The topological polar surface area (TPSA) is 38.3 Å². The number of nitrogens with one attached hydrogen (secondary N) is 1. The van der Waals surface area contributed by atoms with Crippen LogP contribution in [0.3, 0.4) is 0 Å². The molecule has 0 amide bonds. The number of hydrogen-bond acceptors (Lipinski definition) is 4. The molecule has 20 heavy (non-hydrogen) atoms. The van der Waals surface area contributed by atoms with E-state index in [1.807, 2.05) is 6.92 Å². The Morgan fingerprint density at radius 2 is 2.20 bits per heavy atom. The van der Waals surface area contributed by atoms with Gasteiger partial charge in [0, 0.05) is 17.5 Å². The fraction of sp³-hybridized carbons (Fsp3) is 0.562. The zero-order valence-corrected chi connectivity index (χ0v) is 13.0. The predicted molar refractivity (Wildman–Crippen MR) is 83.9 cm³/mol. The van der Waals surface area contributed by atoms with Gasteiger partial charge in [-0.2, -0.15) is 11.8 Å². The summed E-state index contributed by atoms with van der Waals surface area (Å²) in [7, 11) is 0. The third-order valence-corrected chi connectivity index (χ3v) is 4.47. The summed E-state index contributed by atoms with van der Waals surface area (Å²) in [6.45, 7) is 4.43. The van der Waals surface area contributed by atoms with Gasteiger partial charge in [-0.3, -0.25) is 4.79 Å². The average molecular weight is 293 g/mol. The minimum atomic E-state index is -0.170. The Balaban J connectivity index is 1.81. The highest BCUT2D eigenvalue weighted by molar-refractivity contribution is 7.98. The first-order valence-corrected chi connectivity index (χ1v) is 8.41. The Morgan fingerprint density at radius 1 is 1.45 bits per heavy atom. The second kappa shape index (κ2) is 7.70. The Morgan fingerprint density at radius 3 is 2.85 bits per heavy atom. The van der Waals surface area contributed by atoms with Crippen LogP contribution in [-0.2, 0) is 15.3 Å². The van der Waals surface area contributed by atoms with Gasteiger partial charge in [0.05, 0.1) is 6.61 Å². The molecule has 1 aliphatic rings. The lowest BCUT2D eigenvalue weighted by Crippen LogP contribution is -2.41. The van der Waals surface area contributed by atoms with Crippen molar-refractivity contribution in [3.8, 4) is 0 Å². The zero-order chi connectivity index (χ0) is 14.4. The van der Waals surface area contributed by atoms with Gasteiger partial charge in [-0.15, -0.1) is 0 Å². The van der Waals surface area contributed by atoms with E-state index in [1.54, 1.807) is 11.8 Å². The molecule has 0 bridgehead atoms. The molecule has 0 aliphatic heterocycles. The summed E-state index contributed by atoms with van der Waals surface area (Å²) in [5.74, 6) is 1.59. The number of carbonyl (C=O) groups excluding carboxylic acids is 1. The van der Waals surface area contributed by atoms with Gasteiger partial charge in [0.2, 0.25) is 0 Å². The second-order valence-corrected chi connectivity index (χ2v) is 6.22. The number of benzene rings is 1. The molecule has 0 saturated heterocycles. The summed E-state index contributed by atoms with van der Waals surface area (Å²) in [5.41, 5.74) is 2.65. The quantitative estimate of drug-likeness (QED) is 0.748. The molecule has 0 aromatic heterocycles. The van der Waals surface area contributed by atoms with Crippen molar-refractivity contribution >= 4 is 17.7 Å². The monoisotopic (exact) mass is 293 g/mol. The van der Waals surface area contributed by atoms with Crippen LogP contribution < -0.4 is 5.32 Å². The van der Waals surface area contributed by atoms with Crippen LogP contribution in [0.15, 0.2) is 24.3 Å². The number of hydrogen-bond donors (Lipinski definition) is 1. The van der Waals surface area contributed by atoms with Gasteiger partial charge in [-0.05, 0) is 37.8 Å². The second-order valence-electron chi connectivity index (χ2n) is 5.19. The molecule has 1 unspecified atom stereocenters. The minimum Gasteiger partial charge on any atom is -0.465 e. The van der Waals surface area contributed by atoms with Crippen molar-refractivity contribution in [2.24, 2.45) is 0 Å². The summed E-state index contributed by atoms with van der Waals surface area (Å²) in [6.07, 6.45) is 2.36. The fourth-order valence-electron chi connectivity index (χ4n) is 2.02. The molecule has 1 N–H and O–H groups in total. The molecule has 2 rings (SSSR count). The Bertz CT molecular complexity index is 446. The largest absolute Gasteiger partial charge is 0.465 e. The maximum Gasteiger partial charge on any atom is 0.323 e. The standard InChI is InChI=1S/C16H23NO2S/c1-3-19-16(18)15(17-14-8-9-14)11-20-10-13-7-5-4-6-12(13)2/h4-7,14-15,17H,3,8-11H2,1-2H3. The molecule has 1 aliphatic carbocycles. The molecule has 1 fully saturated rings. The van der Waals surface area contributed by atoms with Crippen LogP contribution in [0.1, 0.15) is 30.9 Å². The van der Waals surface area contributed by atoms with Gasteiger partial charge in [0.25, 0.3) is 0 Å². The molecule has 1 aromatic carbocycles. The first-order chi connectivity index (χ1) is 9.70. The van der Waals surface area contributed by atoms with Crippen molar-refractivity contribution in [2.45, 2.75) is 44.5 Å². The lowest BCUT2D eigenvalue weighted by molar-refractivity contribution is -0.145. The Kier molecular flexibility index (Phi) is 5.92. The first-order valence-electron chi connectivity index (χ1n) is 7.25. The highest BCUT2D eigenvalue weighted by atomic mass is 32.2. The average Bonchev–Trinajstić information content (AvgIpc) is 3.24. The van der Waals surface area contributed by atoms with Gasteiger partial charge in [-0.1, -0.05) is 24.3 Å². The normalized spacial score (nSPS) is 15.9. The van der Waals surface area contributed by atoms with Crippen molar-refractivity contribution in [1.29, 1.82) is 0 Å². The number of esters is 1. The van der Waals surface area contributed by atoms with E-state index in [-0.39, 0.29) is 12.0 Å². The first kappa shape index (κ1) is 15.4. The van der Waals surface area contributed by atoms with E-state index in [0.29, 0.717) is 12.6 Å². The van der Waals surface area contributed by atoms with Crippen molar-refractivity contribution < 1.29 is 9.53 Å². The number of rotatable bonds is 8.